The summed E-state index contributed by atoms with van der Waals surface area (Å²) in [4.78, 5) is 17.0. The summed E-state index contributed by atoms with van der Waals surface area (Å²) in [6, 6.07) is 0. The topological polar surface area (TPSA) is 93.2 Å². The molecule has 0 amide bonds. The minimum Gasteiger partial charge on any atom is -0.870 e. The number of hydrogen-bond donors (Lipinski definition) is 0. The van der Waals surface area contributed by atoms with Crippen LogP contribution in [0, 0.1) is 0 Å². The normalized spacial score (nSPS) is 3.43. The van der Waals surface area contributed by atoms with Gasteiger partial charge >= 0.3 is 57.2 Å². The van der Waals surface area contributed by atoms with Gasteiger partial charge in [-0.2, -0.15) is 0 Å². The molecule has 0 aromatic heterocycles. The van der Waals surface area contributed by atoms with Crippen LogP contribution in [-0.4, -0.2) is 52.4 Å². The molecular weight excluding hydrogens is 198 g/mol. The van der Waals surface area contributed by atoms with Crippen LogP contribution in [0.3, 0.4) is 0 Å². The van der Waals surface area contributed by atoms with Gasteiger partial charge in [0.2, 0.25) is 0 Å². The van der Waals surface area contributed by atoms with Crippen LogP contribution in [0.4, 0.5) is 0 Å². The van der Waals surface area contributed by atoms with Crippen molar-refractivity contribution in [1.82, 2.24) is 0 Å². The molecule has 0 radical (unpaired) electrons. The van der Waals surface area contributed by atoms with Gasteiger partial charge in [0.25, 0.3) is 0 Å². The monoisotopic (exact) mass is 197 g/mol. The first-order chi connectivity index (χ1) is 1.73. The van der Waals surface area contributed by atoms with E-state index in [9.17, 15) is 0 Å². The van der Waals surface area contributed by atoms with Crippen LogP contribution in [0.25, 0.3) is 0 Å². The molecule has 0 heterocycles. The Balaban J connectivity index is -0.0000000150. The maximum absolute atomic E-state index is 8.52. The summed E-state index contributed by atoms with van der Waals surface area (Å²) in [5.41, 5.74) is 0. The van der Waals surface area contributed by atoms with Gasteiger partial charge in [0.15, 0.2) is 0 Å². The van der Waals surface area contributed by atoms with Crippen LogP contribution in [0.2, 0.25) is 0 Å². The molecule has 0 aliphatic carbocycles. The second-order valence-electron chi connectivity index (χ2n) is 0.250. The van der Waals surface area contributed by atoms with E-state index in [2.05, 4.69) is 0 Å². The van der Waals surface area contributed by atoms with E-state index in [1.54, 1.807) is 0 Å². The third kappa shape index (κ3) is 104. The summed E-state index contributed by atoms with van der Waals surface area (Å²) >= 11 is 0. The fourth-order valence-electron chi connectivity index (χ4n) is 0. The van der Waals surface area contributed by atoms with E-state index in [1.807, 2.05) is 0 Å². The Bertz CT molecular complexity index is 34.7. The largest absolute Gasteiger partial charge is 2.00 e. The second kappa shape index (κ2) is 15.7. The quantitative estimate of drug-likeness (QED) is 0.379. The Morgan fingerprint density at radius 2 is 1.29 bits per heavy atom. The first kappa shape index (κ1) is 23.7. The van der Waals surface area contributed by atoms with E-state index >= 15 is 0 Å². The molecular formula is HCaO4SiZn+. The van der Waals surface area contributed by atoms with E-state index in [0.29, 0.717) is 0 Å². The molecule has 0 aliphatic rings. The van der Waals surface area contributed by atoms with Crippen molar-refractivity contribution in [1.29, 1.82) is 0 Å². The smallest absolute Gasteiger partial charge is 0.870 e. The molecule has 0 spiro atoms. The first-order valence-electron chi connectivity index (χ1n) is 0.612. The minimum absolute atomic E-state index is 0. The Kier molecular flexibility index (Phi) is 52.9. The average Bonchev–Trinajstić information content (AvgIpc) is 0.811. The SMILES string of the molecule is O=[Si]([O-])[O-].[Ca+2].[OH-].[Zn+2]. The zero-order valence-electron chi connectivity index (χ0n) is 3.59. The summed E-state index contributed by atoms with van der Waals surface area (Å²) in [7, 11) is -3.63. The Morgan fingerprint density at radius 1 is 1.29 bits per heavy atom. The fraction of sp³-hybridized carbons (Fsp3) is 0. The van der Waals surface area contributed by atoms with Crippen molar-refractivity contribution in [3.8, 4) is 0 Å². The van der Waals surface area contributed by atoms with Gasteiger partial charge in [-0.3, -0.25) is 0 Å². The third-order valence-corrected chi connectivity index (χ3v) is 0. The van der Waals surface area contributed by atoms with E-state index in [0.717, 1.165) is 0 Å². The summed E-state index contributed by atoms with van der Waals surface area (Å²) in [5.74, 6) is 0. The van der Waals surface area contributed by atoms with Gasteiger partial charge in [-0.15, -0.1) is 0 Å². The Labute approximate surface area is 84.9 Å². The standard InChI is InChI=1S/Ca.O3Si.H2O.Zn/c;1-4(2)3;;/h;;1H2;/q+2;-2;;+2/p-1. The summed E-state index contributed by atoms with van der Waals surface area (Å²) < 4.78 is 8.52. The van der Waals surface area contributed by atoms with E-state index < -0.39 is 9.17 Å². The van der Waals surface area contributed by atoms with Gasteiger partial charge in [0, 0.05) is 9.17 Å². The van der Waals surface area contributed by atoms with Crippen molar-refractivity contribution in [2.75, 3.05) is 0 Å². The summed E-state index contributed by atoms with van der Waals surface area (Å²) in [6.45, 7) is 0. The third-order valence-electron chi connectivity index (χ3n) is 0. The molecule has 0 saturated heterocycles. The zero-order valence-corrected chi connectivity index (χ0v) is 9.76. The fourth-order valence-corrected chi connectivity index (χ4v) is 0. The Morgan fingerprint density at radius 3 is 1.29 bits per heavy atom. The predicted molar refractivity (Wildman–Crippen MR) is 14.1 cm³/mol. The second-order valence-corrected chi connectivity index (χ2v) is 0.750. The van der Waals surface area contributed by atoms with Crippen LogP contribution in [0.5, 0.6) is 0 Å². The first-order valence-corrected chi connectivity index (χ1v) is 1.84. The van der Waals surface area contributed by atoms with Crippen LogP contribution in [0.15, 0.2) is 0 Å². The van der Waals surface area contributed by atoms with Crippen molar-refractivity contribution in [2.45, 2.75) is 0 Å². The minimum atomic E-state index is -3.63. The van der Waals surface area contributed by atoms with Gasteiger partial charge in [-0.1, -0.05) is 0 Å². The van der Waals surface area contributed by atoms with Gasteiger partial charge in [-0.05, 0) is 0 Å². The molecule has 0 saturated carbocycles. The maximum Gasteiger partial charge on any atom is 2.00 e. The summed E-state index contributed by atoms with van der Waals surface area (Å²) in [6.07, 6.45) is 0. The molecule has 1 N–H and O–H groups in total. The average molecular weight is 199 g/mol. The molecule has 0 fully saturated rings. The number of rotatable bonds is 0. The van der Waals surface area contributed by atoms with Crippen molar-refractivity contribution >= 4 is 46.9 Å². The van der Waals surface area contributed by atoms with Crippen molar-refractivity contribution in [2.24, 2.45) is 0 Å². The molecule has 4 nitrogen and oxygen atoms in total. The van der Waals surface area contributed by atoms with Gasteiger partial charge in [-0.25, -0.2) is 0 Å². The van der Waals surface area contributed by atoms with Gasteiger partial charge in [0.1, 0.15) is 0 Å². The predicted octanol–water partition coefficient (Wildman–Crippen LogP) is -3.44. The van der Waals surface area contributed by atoms with Crippen molar-refractivity contribution < 1.29 is 39.0 Å². The molecule has 7 heavy (non-hydrogen) atoms. The van der Waals surface area contributed by atoms with Gasteiger partial charge < -0.3 is 19.5 Å². The van der Waals surface area contributed by atoms with E-state index in [-0.39, 0.29) is 62.7 Å². The molecule has 0 bridgehead atoms. The molecule has 0 aliphatic heterocycles. The molecule has 32 valence electrons. The van der Waals surface area contributed by atoms with Gasteiger partial charge in [0.05, 0.1) is 0 Å². The van der Waals surface area contributed by atoms with Crippen LogP contribution in [-0.2, 0) is 23.9 Å². The zero-order chi connectivity index (χ0) is 3.58. The van der Waals surface area contributed by atoms with E-state index in [4.69, 9.17) is 14.1 Å². The molecule has 0 atom stereocenters. The molecule has 0 unspecified atom stereocenters. The van der Waals surface area contributed by atoms with Crippen LogP contribution >= 0.6 is 0 Å². The van der Waals surface area contributed by atoms with Crippen LogP contribution in [0.1, 0.15) is 0 Å². The van der Waals surface area contributed by atoms with Crippen LogP contribution < -0.4 is 9.59 Å². The molecule has 0 aromatic carbocycles. The Hall–Kier alpha value is 1.46. The van der Waals surface area contributed by atoms with Crippen molar-refractivity contribution in [3.63, 3.8) is 0 Å². The number of hydrogen-bond acceptors (Lipinski definition) is 4. The molecule has 0 aromatic rings. The molecule has 0 rings (SSSR count). The van der Waals surface area contributed by atoms with Crippen molar-refractivity contribution in [3.05, 3.63) is 0 Å². The van der Waals surface area contributed by atoms with E-state index in [1.165, 1.54) is 0 Å². The maximum atomic E-state index is 8.52. The molecule has 7 heteroatoms. The summed E-state index contributed by atoms with van der Waals surface area (Å²) in [5, 5.41) is 0.